The molecule has 0 amide bonds. The van der Waals surface area contributed by atoms with Crippen LogP contribution in [0, 0.1) is 17.0 Å². The van der Waals surface area contributed by atoms with Crippen molar-refractivity contribution in [1.82, 2.24) is 0 Å². The maximum absolute atomic E-state index is 10.6. The van der Waals surface area contributed by atoms with E-state index in [1.807, 2.05) is 25.1 Å². The molecule has 4 nitrogen and oxygen atoms in total. The summed E-state index contributed by atoms with van der Waals surface area (Å²) < 4.78 is 0. The van der Waals surface area contributed by atoms with Gasteiger partial charge in [0.15, 0.2) is 0 Å². The minimum atomic E-state index is -0.452. The van der Waals surface area contributed by atoms with Crippen molar-refractivity contribution in [2.75, 3.05) is 5.73 Å². The number of nitro benzene ring substituents is 1. The average Bonchev–Trinajstić information content (AvgIpc) is 2.41. The number of anilines is 1. The molecule has 0 aliphatic rings. The lowest BCUT2D eigenvalue weighted by Crippen LogP contribution is -1.91. The van der Waals surface area contributed by atoms with Gasteiger partial charge in [-0.15, -0.1) is 11.8 Å². The van der Waals surface area contributed by atoms with E-state index < -0.39 is 4.92 Å². The molecule has 0 bridgehead atoms. The Hall–Kier alpha value is -1.72. The third-order valence-electron chi connectivity index (χ3n) is 2.88. The number of non-ortho nitro benzene ring substituents is 1. The summed E-state index contributed by atoms with van der Waals surface area (Å²) in [6.45, 7) is 1.96. The van der Waals surface area contributed by atoms with Crippen LogP contribution in [0.15, 0.2) is 41.3 Å². The van der Waals surface area contributed by atoms with Gasteiger partial charge in [0, 0.05) is 28.5 Å². The molecular formula is C14H13ClN2O2S. The van der Waals surface area contributed by atoms with Gasteiger partial charge in [0.05, 0.1) is 9.95 Å². The number of rotatable bonds is 4. The van der Waals surface area contributed by atoms with Crippen molar-refractivity contribution < 1.29 is 4.92 Å². The minimum Gasteiger partial charge on any atom is -0.399 e. The van der Waals surface area contributed by atoms with Crippen LogP contribution in [0.2, 0.25) is 5.02 Å². The summed E-state index contributed by atoms with van der Waals surface area (Å²) in [4.78, 5) is 11.3. The second-order valence-electron chi connectivity index (χ2n) is 4.34. The topological polar surface area (TPSA) is 69.2 Å². The molecule has 0 spiro atoms. The first kappa shape index (κ1) is 14.7. The van der Waals surface area contributed by atoms with E-state index in [4.69, 9.17) is 17.3 Å². The Morgan fingerprint density at radius 2 is 2.05 bits per heavy atom. The van der Waals surface area contributed by atoms with Crippen molar-refractivity contribution in [3.63, 3.8) is 0 Å². The molecule has 104 valence electrons. The number of nitrogens with two attached hydrogens (primary N) is 1. The Kier molecular flexibility index (Phi) is 4.52. The summed E-state index contributed by atoms with van der Waals surface area (Å²) in [6.07, 6.45) is 0. The summed E-state index contributed by atoms with van der Waals surface area (Å²) in [5.74, 6) is 0.653. The molecule has 0 aliphatic heterocycles. The first-order valence-electron chi connectivity index (χ1n) is 5.89. The highest BCUT2D eigenvalue weighted by Crippen LogP contribution is 2.30. The molecule has 2 rings (SSSR count). The fourth-order valence-corrected chi connectivity index (χ4v) is 2.99. The van der Waals surface area contributed by atoms with Gasteiger partial charge in [-0.2, -0.15) is 0 Å². The first-order chi connectivity index (χ1) is 9.47. The molecule has 2 aromatic rings. The maximum Gasteiger partial charge on any atom is 0.270 e. The number of aryl methyl sites for hydroxylation is 1. The zero-order valence-corrected chi connectivity index (χ0v) is 12.4. The highest BCUT2D eigenvalue weighted by atomic mass is 35.5. The normalized spacial score (nSPS) is 10.5. The van der Waals surface area contributed by atoms with Crippen molar-refractivity contribution >= 4 is 34.7 Å². The molecule has 0 fully saturated rings. The van der Waals surface area contributed by atoms with E-state index in [0.29, 0.717) is 10.8 Å². The van der Waals surface area contributed by atoms with Crippen LogP contribution in [0.4, 0.5) is 11.4 Å². The molecule has 0 heterocycles. The molecule has 0 radical (unpaired) electrons. The van der Waals surface area contributed by atoms with E-state index in [1.54, 1.807) is 17.8 Å². The monoisotopic (exact) mass is 308 g/mol. The van der Waals surface area contributed by atoms with E-state index in [-0.39, 0.29) is 5.69 Å². The van der Waals surface area contributed by atoms with Crippen LogP contribution in [0.25, 0.3) is 0 Å². The quantitative estimate of drug-likeness (QED) is 0.392. The van der Waals surface area contributed by atoms with Gasteiger partial charge in [-0.25, -0.2) is 0 Å². The number of nitrogen functional groups attached to an aromatic ring is 1. The Bertz CT molecular complexity index is 662. The van der Waals surface area contributed by atoms with Crippen molar-refractivity contribution in [1.29, 1.82) is 0 Å². The average molecular weight is 309 g/mol. The number of nitro groups is 1. The fraction of sp³-hybridized carbons (Fsp3) is 0.143. The van der Waals surface area contributed by atoms with Gasteiger partial charge in [0.1, 0.15) is 0 Å². The maximum atomic E-state index is 10.6. The molecule has 2 N–H and O–H groups in total. The summed E-state index contributed by atoms with van der Waals surface area (Å²) in [7, 11) is 0. The lowest BCUT2D eigenvalue weighted by Gasteiger charge is -2.06. The number of hydrogen-bond donors (Lipinski definition) is 1. The van der Waals surface area contributed by atoms with Crippen molar-refractivity contribution in [3.05, 3.63) is 62.7 Å². The lowest BCUT2D eigenvalue weighted by atomic mass is 10.2. The lowest BCUT2D eigenvalue weighted by molar-refractivity contribution is -0.384. The first-order valence-corrected chi connectivity index (χ1v) is 7.25. The van der Waals surface area contributed by atoms with E-state index in [9.17, 15) is 10.1 Å². The van der Waals surface area contributed by atoms with Gasteiger partial charge in [0.2, 0.25) is 0 Å². The summed E-state index contributed by atoms with van der Waals surface area (Å²) >= 11 is 7.67. The van der Waals surface area contributed by atoms with E-state index in [0.717, 1.165) is 21.7 Å². The fourth-order valence-electron chi connectivity index (χ4n) is 1.67. The molecule has 0 aromatic heterocycles. The zero-order chi connectivity index (χ0) is 14.7. The Labute approximate surface area is 126 Å². The van der Waals surface area contributed by atoms with Crippen molar-refractivity contribution in [2.45, 2.75) is 17.6 Å². The molecule has 2 aromatic carbocycles. The Morgan fingerprint density at radius 1 is 1.30 bits per heavy atom. The van der Waals surface area contributed by atoms with Crippen LogP contribution in [-0.4, -0.2) is 4.92 Å². The van der Waals surface area contributed by atoms with Crippen LogP contribution in [-0.2, 0) is 5.75 Å². The Morgan fingerprint density at radius 3 is 2.65 bits per heavy atom. The molecule has 0 aliphatic carbocycles. The number of benzene rings is 2. The van der Waals surface area contributed by atoms with Gasteiger partial charge < -0.3 is 5.73 Å². The SMILES string of the molecule is Cc1cc(SCc2ccc([N+](=O)[O-])cc2Cl)ccc1N. The van der Waals surface area contributed by atoms with E-state index in [1.165, 1.54) is 12.1 Å². The molecule has 6 heteroatoms. The zero-order valence-electron chi connectivity index (χ0n) is 10.8. The number of halogens is 1. The van der Waals surface area contributed by atoms with Crippen LogP contribution in [0.3, 0.4) is 0 Å². The van der Waals surface area contributed by atoms with Crippen LogP contribution in [0.5, 0.6) is 0 Å². The number of thioether (sulfide) groups is 1. The van der Waals surface area contributed by atoms with Gasteiger partial charge >= 0.3 is 0 Å². The predicted octanol–water partition coefficient (Wildman–Crippen LogP) is 4.43. The number of hydrogen-bond acceptors (Lipinski definition) is 4. The largest absolute Gasteiger partial charge is 0.399 e. The molecule has 0 unspecified atom stereocenters. The predicted molar refractivity (Wildman–Crippen MR) is 83.3 cm³/mol. The van der Waals surface area contributed by atoms with E-state index in [2.05, 4.69) is 0 Å². The molecular weight excluding hydrogens is 296 g/mol. The Balaban J connectivity index is 2.10. The smallest absolute Gasteiger partial charge is 0.270 e. The summed E-state index contributed by atoms with van der Waals surface area (Å²) in [5.41, 5.74) is 8.45. The highest BCUT2D eigenvalue weighted by Gasteiger charge is 2.09. The summed E-state index contributed by atoms with van der Waals surface area (Å²) in [6, 6.07) is 10.4. The van der Waals surface area contributed by atoms with Crippen LogP contribution < -0.4 is 5.73 Å². The van der Waals surface area contributed by atoms with Crippen molar-refractivity contribution in [2.24, 2.45) is 0 Å². The third-order valence-corrected chi connectivity index (χ3v) is 4.28. The number of nitrogens with zero attached hydrogens (tertiary/aromatic N) is 1. The van der Waals surface area contributed by atoms with Crippen molar-refractivity contribution in [3.8, 4) is 0 Å². The molecule has 0 saturated carbocycles. The van der Waals surface area contributed by atoms with Gasteiger partial charge in [-0.05, 0) is 42.3 Å². The third kappa shape index (κ3) is 3.43. The molecule has 20 heavy (non-hydrogen) atoms. The minimum absolute atomic E-state index is 0.00655. The van der Waals surface area contributed by atoms with Gasteiger partial charge in [0.25, 0.3) is 5.69 Å². The summed E-state index contributed by atoms with van der Waals surface area (Å²) in [5, 5.41) is 11.1. The standard InChI is InChI=1S/C14H13ClN2O2S/c1-9-6-12(4-5-14(9)16)20-8-10-2-3-11(17(18)19)7-13(10)15/h2-7H,8,16H2,1H3. The van der Waals surface area contributed by atoms with Gasteiger partial charge in [-0.3, -0.25) is 10.1 Å². The highest BCUT2D eigenvalue weighted by molar-refractivity contribution is 7.98. The molecule has 0 saturated heterocycles. The second kappa shape index (κ2) is 6.15. The van der Waals surface area contributed by atoms with Gasteiger partial charge in [-0.1, -0.05) is 11.6 Å². The van der Waals surface area contributed by atoms with Crippen LogP contribution >= 0.6 is 23.4 Å². The molecule has 0 atom stereocenters. The second-order valence-corrected chi connectivity index (χ2v) is 5.80. The van der Waals surface area contributed by atoms with Crippen LogP contribution in [0.1, 0.15) is 11.1 Å². The van der Waals surface area contributed by atoms with E-state index >= 15 is 0 Å².